The minimum atomic E-state index is -4.42. The first kappa shape index (κ1) is 19.8. The standard InChI is InChI=1S/C23H18F3N3O/c24-23(25,26)19-7-9-22(28-14-19)30-20-10-11-29(15-20)21-8-6-17(12-18(21)13-27)16-4-2-1-3-5-16/h1-9,12,14,20H,10-11,15H2. The number of alkyl halides is 3. The Morgan fingerprint density at radius 3 is 2.50 bits per heavy atom. The zero-order chi connectivity index (χ0) is 21.1. The summed E-state index contributed by atoms with van der Waals surface area (Å²) in [6, 6.07) is 20.1. The number of pyridine rings is 1. The molecule has 1 atom stereocenters. The summed E-state index contributed by atoms with van der Waals surface area (Å²) < 4.78 is 43.7. The van der Waals surface area contributed by atoms with Gasteiger partial charge in [0.15, 0.2) is 0 Å². The van der Waals surface area contributed by atoms with Crippen LogP contribution in [-0.2, 0) is 6.18 Å². The summed E-state index contributed by atoms with van der Waals surface area (Å²) in [4.78, 5) is 5.83. The van der Waals surface area contributed by atoms with E-state index in [1.165, 1.54) is 6.07 Å². The maximum absolute atomic E-state index is 12.7. The van der Waals surface area contributed by atoms with Crippen LogP contribution < -0.4 is 9.64 Å². The minimum absolute atomic E-state index is 0.162. The van der Waals surface area contributed by atoms with Gasteiger partial charge in [-0.25, -0.2) is 4.98 Å². The number of hydrogen-bond donors (Lipinski definition) is 0. The molecule has 1 unspecified atom stereocenters. The number of aromatic nitrogens is 1. The second-order valence-electron chi connectivity index (χ2n) is 7.07. The number of hydrogen-bond acceptors (Lipinski definition) is 4. The summed E-state index contributed by atoms with van der Waals surface area (Å²) in [6.07, 6.45) is -3.17. The lowest BCUT2D eigenvalue weighted by Gasteiger charge is -2.20. The van der Waals surface area contributed by atoms with Crippen LogP contribution in [0.2, 0.25) is 0 Å². The highest BCUT2D eigenvalue weighted by Gasteiger charge is 2.31. The lowest BCUT2D eigenvalue weighted by atomic mass is 10.0. The second-order valence-corrected chi connectivity index (χ2v) is 7.07. The number of ether oxygens (including phenoxy) is 1. The average molecular weight is 409 g/mol. The predicted octanol–water partition coefficient (Wildman–Crippen LogP) is 5.30. The number of rotatable bonds is 4. The van der Waals surface area contributed by atoms with Gasteiger partial charge >= 0.3 is 6.18 Å². The Kier molecular flexibility index (Phi) is 5.32. The Bertz CT molecular complexity index is 1060. The molecule has 152 valence electrons. The number of nitrogens with zero attached hydrogens (tertiary/aromatic N) is 3. The molecule has 0 spiro atoms. The first-order valence-electron chi connectivity index (χ1n) is 9.48. The molecule has 3 aromatic rings. The van der Waals surface area contributed by atoms with Gasteiger partial charge < -0.3 is 9.64 Å². The molecule has 0 bridgehead atoms. The van der Waals surface area contributed by atoms with E-state index in [2.05, 4.69) is 16.0 Å². The maximum atomic E-state index is 12.7. The van der Waals surface area contributed by atoms with Crippen molar-refractivity contribution in [2.45, 2.75) is 18.7 Å². The molecular formula is C23H18F3N3O. The lowest BCUT2D eigenvalue weighted by Crippen LogP contribution is -2.25. The van der Waals surface area contributed by atoms with Gasteiger partial charge in [-0.3, -0.25) is 0 Å². The lowest BCUT2D eigenvalue weighted by molar-refractivity contribution is -0.137. The average Bonchev–Trinajstić information content (AvgIpc) is 3.22. The molecule has 7 heteroatoms. The van der Waals surface area contributed by atoms with Crippen molar-refractivity contribution in [3.05, 3.63) is 78.0 Å². The van der Waals surface area contributed by atoms with Gasteiger partial charge in [0.05, 0.1) is 23.4 Å². The van der Waals surface area contributed by atoms with E-state index in [-0.39, 0.29) is 12.0 Å². The molecule has 1 aromatic heterocycles. The van der Waals surface area contributed by atoms with Gasteiger partial charge in [-0.2, -0.15) is 18.4 Å². The van der Waals surface area contributed by atoms with E-state index in [0.717, 1.165) is 29.1 Å². The number of benzene rings is 2. The third kappa shape index (κ3) is 4.23. The van der Waals surface area contributed by atoms with Crippen LogP contribution in [0, 0.1) is 11.3 Å². The summed E-state index contributed by atoms with van der Waals surface area (Å²) in [7, 11) is 0. The van der Waals surface area contributed by atoms with Crippen LogP contribution in [0.25, 0.3) is 11.1 Å². The van der Waals surface area contributed by atoms with Crippen LogP contribution >= 0.6 is 0 Å². The maximum Gasteiger partial charge on any atom is 0.417 e. The quantitative estimate of drug-likeness (QED) is 0.587. The molecule has 1 aliphatic rings. The van der Waals surface area contributed by atoms with Crippen molar-refractivity contribution < 1.29 is 17.9 Å². The van der Waals surface area contributed by atoms with E-state index in [4.69, 9.17) is 4.74 Å². The van der Waals surface area contributed by atoms with Gasteiger partial charge in [-0.05, 0) is 29.3 Å². The summed E-state index contributed by atoms with van der Waals surface area (Å²) >= 11 is 0. The van der Waals surface area contributed by atoms with Crippen molar-refractivity contribution in [2.24, 2.45) is 0 Å². The number of nitriles is 1. The van der Waals surface area contributed by atoms with Gasteiger partial charge in [0, 0.05) is 25.2 Å². The minimum Gasteiger partial charge on any atom is -0.472 e. The van der Waals surface area contributed by atoms with Gasteiger partial charge in [0.2, 0.25) is 5.88 Å². The Labute approximate surface area is 172 Å². The van der Waals surface area contributed by atoms with Gasteiger partial charge in [-0.15, -0.1) is 0 Å². The molecule has 0 radical (unpaired) electrons. The molecule has 0 amide bonds. The first-order valence-corrected chi connectivity index (χ1v) is 9.48. The number of anilines is 1. The van der Waals surface area contributed by atoms with E-state index in [9.17, 15) is 18.4 Å². The van der Waals surface area contributed by atoms with E-state index < -0.39 is 11.7 Å². The Balaban J connectivity index is 1.46. The zero-order valence-electron chi connectivity index (χ0n) is 15.9. The van der Waals surface area contributed by atoms with E-state index >= 15 is 0 Å². The van der Waals surface area contributed by atoms with Crippen LogP contribution in [0.3, 0.4) is 0 Å². The second kappa shape index (κ2) is 8.07. The number of halogens is 3. The molecule has 1 saturated heterocycles. The van der Waals surface area contributed by atoms with Crippen LogP contribution in [0.5, 0.6) is 5.88 Å². The normalized spacial score (nSPS) is 16.3. The molecule has 4 rings (SSSR count). The SMILES string of the molecule is N#Cc1cc(-c2ccccc2)ccc1N1CCC(Oc2ccc(C(F)(F)F)cn2)C1. The molecule has 2 aromatic carbocycles. The first-order chi connectivity index (χ1) is 14.4. The largest absolute Gasteiger partial charge is 0.472 e. The van der Waals surface area contributed by atoms with Crippen molar-refractivity contribution in [3.8, 4) is 23.1 Å². The third-order valence-corrected chi connectivity index (χ3v) is 5.06. The molecule has 30 heavy (non-hydrogen) atoms. The summed E-state index contributed by atoms with van der Waals surface area (Å²) in [5.41, 5.74) is 2.60. The van der Waals surface area contributed by atoms with Crippen molar-refractivity contribution in [1.29, 1.82) is 5.26 Å². The van der Waals surface area contributed by atoms with E-state index in [1.54, 1.807) is 0 Å². The smallest absolute Gasteiger partial charge is 0.417 e. The van der Waals surface area contributed by atoms with Crippen molar-refractivity contribution in [3.63, 3.8) is 0 Å². The fourth-order valence-corrected chi connectivity index (χ4v) is 3.54. The van der Waals surface area contributed by atoms with E-state index in [1.807, 2.05) is 48.5 Å². The monoisotopic (exact) mass is 409 g/mol. The fraction of sp³-hybridized carbons (Fsp3) is 0.217. The molecule has 0 N–H and O–H groups in total. The Hall–Kier alpha value is -3.53. The molecule has 0 saturated carbocycles. The molecule has 4 nitrogen and oxygen atoms in total. The highest BCUT2D eigenvalue weighted by atomic mass is 19.4. The van der Waals surface area contributed by atoms with Gasteiger partial charge in [-0.1, -0.05) is 36.4 Å². The van der Waals surface area contributed by atoms with Crippen LogP contribution in [0.4, 0.5) is 18.9 Å². The molecule has 2 heterocycles. The fourth-order valence-electron chi connectivity index (χ4n) is 3.54. The third-order valence-electron chi connectivity index (χ3n) is 5.06. The molecular weight excluding hydrogens is 391 g/mol. The Morgan fingerprint density at radius 1 is 1.03 bits per heavy atom. The molecule has 1 fully saturated rings. The van der Waals surface area contributed by atoms with Gasteiger partial charge in [0.1, 0.15) is 12.2 Å². The van der Waals surface area contributed by atoms with Crippen molar-refractivity contribution in [2.75, 3.05) is 18.0 Å². The highest BCUT2D eigenvalue weighted by Crippen LogP contribution is 2.31. The summed E-state index contributed by atoms with van der Waals surface area (Å²) in [6.45, 7) is 1.22. The summed E-state index contributed by atoms with van der Waals surface area (Å²) in [5, 5.41) is 9.63. The van der Waals surface area contributed by atoms with Crippen LogP contribution in [0.1, 0.15) is 17.5 Å². The van der Waals surface area contributed by atoms with Crippen molar-refractivity contribution in [1.82, 2.24) is 4.98 Å². The van der Waals surface area contributed by atoms with Gasteiger partial charge in [0.25, 0.3) is 0 Å². The van der Waals surface area contributed by atoms with Crippen LogP contribution in [-0.4, -0.2) is 24.2 Å². The van der Waals surface area contributed by atoms with E-state index in [0.29, 0.717) is 25.1 Å². The predicted molar refractivity (Wildman–Crippen MR) is 107 cm³/mol. The molecule has 1 aliphatic heterocycles. The molecule has 0 aliphatic carbocycles. The van der Waals surface area contributed by atoms with Crippen molar-refractivity contribution >= 4 is 5.69 Å². The summed E-state index contributed by atoms with van der Waals surface area (Å²) in [5.74, 6) is 0.162. The van der Waals surface area contributed by atoms with Crippen LogP contribution in [0.15, 0.2) is 66.9 Å². The topological polar surface area (TPSA) is 49.2 Å². The Morgan fingerprint density at radius 2 is 1.83 bits per heavy atom. The highest BCUT2D eigenvalue weighted by molar-refractivity contribution is 5.71. The zero-order valence-corrected chi connectivity index (χ0v) is 15.9.